The van der Waals surface area contributed by atoms with Gasteiger partial charge in [0.05, 0.1) is 7.11 Å². The molecule has 1 aromatic carbocycles. The van der Waals surface area contributed by atoms with E-state index in [2.05, 4.69) is 17.6 Å². The van der Waals surface area contributed by atoms with Crippen molar-refractivity contribution in [3.05, 3.63) is 29.6 Å². The zero-order valence-corrected chi connectivity index (χ0v) is 12.0. The monoisotopic (exact) mass is 280 g/mol. The van der Waals surface area contributed by atoms with Crippen molar-refractivity contribution in [1.82, 2.24) is 10.6 Å². The highest BCUT2D eigenvalue weighted by Crippen LogP contribution is 2.25. The largest absolute Gasteiger partial charge is 0.496 e. The van der Waals surface area contributed by atoms with Gasteiger partial charge in [-0.2, -0.15) is 0 Å². The van der Waals surface area contributed by atoms with E-state index in [1.165, 1.54) is 19.2 Å². The average molecular weight is 280 g/mol. The zero-order chi connectivity index (χ0) is 14.6. The van der Waals surface area contributed by atoms with Gasteiger partial charge in [-0.05, 0) is 36.9 Å². The van der Waals surface area contributed by atoms with E-state index in [0.29, 0.717) is 6.54 Å². The molecule has 20 heavy (non-hydrogen) atoms. The first kappa shape index (κ1) is 14.8. The summed E-state index contributed by atoms with van der Waals surface area (Å²) in [5.41, 5.74) is -0.00534. The minimum Gasteiger partial charge on any atom is -0.496 e. The van der Waals surface area contributed by atoms with Crippen molar-refractivity contribution >= 4 is 5.91 Å². The van der Waals surface area contributed by atoms with Crippen molar-refractivity contribution in [2.75, 3.05) is 26.7 Å². The Bertz CT molecular complexity index is 485. The number of benzene rings is 1. The highest BCUT2D eigenvalue weighted by molar-refractivity contribution is 5.97. The van der Waals surface area contributed by atoms with Crippen molar-refractivity contribution in [2.24, 2.45) is 5.41 Å². The molecule has 1 atom stereocenters. The summed E-state index contributed by atoms with van der Waals surface area (Å²) in [6, 6.07) is 4.38. The van der Waals surface area contributed by atoms with Crippen molar-refractivity contribution in [3.8, 4) is 5.75 Å². The Hall–Kier alpha value is -1.62. The Labute approximate surface area is 118 Å². The molecule has 0 bridgehead atoms. The molecule has 1 heterocycles. The van der Waals surface area contributed by atoms with Crippen molar-refractivity contribution in [2.45, 2.75) is 19.8 Å². The van der Waals surface area contributed by atoms with Crippen molar-refractivity contribution < 1.29 is 13.9 Å². The smallest absolute Gasteiger partial charge is 0.258 e. The highest BCUT2D eigenvalue weighted by Gasteiger charge is 2.28. The first-order valence-electron chi connectivity index (χ1n) is 6.87. The van der Waals surface area contributed by atoms with Crippen LogP contribution in [-0.4, -0.2) is 32.7 Å². The topological polar surface area (TPSA) is 50.4 Å². The molecule has 0 aromatic heterocycles. The van der Waals surface area contributed by atoms with Crippen LogP contribution in [0.4, 0.5) is 4.39 Å². The fraction of sp³-hybridized carbons (Fsp3) is 0.533. The van der Waals surface area contributed by atoms with Crippen molar-refractivity contribution in [1.29, 1.82) is 0 Å². The molecule has 0 radical (unpaired) electrons. The van der Waals surface area contributed by atoms with Gasteiger partial charge in [-0.25, -0.2) is 4.39 Å². The Morgan fingerprint density at radius 2 is 2.35 bits per heavy atom. The second-order valence-electron chi connectivity index (χ2n) is 5.59. The summed E-state index contributed by atoms with van der Waals surface area (Å²) >= 11 is 0. The molecule has 2 N–H and O–H groups in total. The van der Waals surface area contributed by atoms with Crippen molar-refractivity contribution in [3.63, 3.8) is 0 Å². The van der Waals surface area contributed by atoms with E-state index in [1.54, 1.807) is 6.07 Å². The molecule has 0 saturated carbocycles. The van der Waals surface area contributed by atoms with Crippen LogP contribution in [0.3, 0.4) is 0 Å². The Kier molecular flexibility index (Phi) is 4.60. The molecule has 1 aromatic rings. The summed E-state index contributed by atoms with van der Waals surface area (Å²) in [6.07, 6.45) is 2.14. The summed E-state index contributed by atoms with van der Waals surface area (Å²) in [4.78, 5) is 12.2. The highest BCUT2D eigenvalue weighted by atomic mass is 19.1. The summed E-state index contributed by atoms with van der Waals surface area (Å²) < 4.78 is 18.8. The van der Waals surface area contributed by atoms with Gasteiger partial charge in [-0.15, -0.1) is 0 Å². The maximum Gasteiger partial charge on any atom is 0.258 e. The summed E-state index contributed by atoms with van der Waals surface area (Å²) in [5, 5.41) is 6.15. The molecule has 1 aliphatic rings. The number of carbonyl (C=O) groups excluding carboxylic acids is 1. The third-order valence-corrected chi connectivity index (χ3v) is 3.78. The Balaban J connectivity index is 2.05. The quantitative estimate of drug-likeness (QED) is 0.886. The SMILES string of the molecule is COc1cccc(F)c1C(=O)NCC1(C)CCCNC1. The lowest BCUT2D eigenvalue weighted by molar-refractivity contribution is 0.0917. The van der Waals surface area contributed by atoms with Gasteiger partial charge in [0.1, 0.15) is 17.1 Å². The Morgan fingerprint density at radius 3 is 3.00 bits per heavy atom. The Morgan fingerprint density at radius 1 is 1.55 bits per heavy atom. The van der Waals surface area contributed by atoms with Crippen LogP contribution in [0, 0.1) is 11.2 Å². The number of hydrogen-bond acceptors (Lipinski definition) is 3. The van der Waals surface area contributed by atoms with Crippen LogP contribution in [0.5, 0.6) is 5.75 Å². The van der Waals surface area contributed by atoms with E-state index in [9.17, 15) is 9.18 Å². The summed E-state index contributed by atoms with van der Waals surface area (Å²) in [6.45, 7) is 4.53. The summed E-state index contributed by atoms with van der Waals surface area (Å²) in [5.74, 6) is -0.727. The number of hydrogen-bond donors (Lipinski definition) is 2. The van der Waals surface area contributed by atoms with Gasteiger partial charge in [0.15, 0.2) is 0 Å². The molecule has 5 heteroatoms. The number of nitrogens with one attached hydrogen (secondary N) is 2. The molecule has 2 rings (SSSR count). The number of halogens is 1. The minimum absolute atomic E-state index is 0.0202. The van der Waals surface area contributed by atoms with Gasteiger partial charge in [-0.1, -0.05) is 13.0 Å². The first-order valence-corrected chi connectivity index (χ1v) is 6.87. The van der Waals surface area contributed by atoms with E-state index < -0.39 is 11.7 Å². The first-order chi connectivity index (χ1) is 9.56. The number of carbonyl (C=O) groups is 1. The summed E-state index contributed by atoms with van der Waals surface area (Å²) in [7, 11) is 1.43. The maximum absolute atomic E-state index is 13.8. The fourth-order valence-corrected chi connectivity index (χ4v) is 2.55. The second-order valence-corrected chi connectivity index (χ2v) is 5.59. The van der Waals surface area contributed by atoms with Crippen LogP contribution in [-0.2, 0) is 0 Å². The van der Waals surface area contributed by atoms with E-state index in [0.717, 1.165) is 25.9 Å². The molecular formula is C15H21FN2O2. The predicted molar refractivity (Wildman–Crippen MR) is 75.5 cm³/mol. The van der Waals surface area contributed by atoms with Crippen LogP contribution in [0.15, 0.2) is 18.2 Å². The lowest BCUT2D eigenvalue weighted by Gasteiger charge is -2.34. The minimum atomic E-state index is -0.561. The molecule has 1 aliphatic heterocycles. The second kappa shape index (κ2) is 6.22. The van der Waals surface area contributed by atoms with Gasteiger partial charge in [0.25, 0.3) is 5.91 Å². The average Bonchev–Trinajstić information content (AvgIpc) is 2.45. The van der Waals surface area contributed by atoms with Crippen LogP contribution in [0.2, 0.25) is 0 Å². The lowest BCUT2D eigenvalue weighted by Crippen LogP contribution is -2.45. The van der Waals surface area contributed by atoms with Gasteiger partial charge in [0.2, 0.25) is 0 Å². The van der Waals surface area contributed by atoms with E-state index in [4.69, 9.17) is 4.74 Å². The number of methoxy groups -OCH3 is 1. The number of amides is 1. The van der Waals surface area contributed by atoms with Crippen LogP contribution < -0.4 is 15.4 Å². The van der Waals surface area contributed by atoms with Gasteiger partial charge in [-0.3, -0.25) is 4.79 Å². The number of ether oxygens (including phenoxy) is 1. The zero-order valence-electron chi connectivity index (χ0n) is 12.0. The van der Waals surface area contributed by atoms with Crippen LogP contribution in [0.1, 0.15) is 30.1 Å². The van der Waals surface area contributed by atoms with E-state index in [-0.39, 0.29) is 16.7 Å². The number of rotatable bonds is 4. The molecule has 0 spiro atoms. The fourth-order valence-electron chi connectivity index (χ4n) is 2.55. The molecular weight excluding hydrogens is 259 g/mol. The maximum atomic E-state index is 13.8. The number of piperidine rings is 1. The molecule has 0 aliphatic carbocycles. The molecule has 4 nitrogen and oxygen atoms in total. The van der Waals surface area contributed by atoms with Gasteiger partial charge in [0, 0.05) is 13.1 Å². The molecule has 1 fully saturated rings. The normalized spacial score (nSPS) is 22.4. The van der Waals surface area contributed by atoms with E-state index in [1.807, 2.05) is 0 Å². The molecule has 110 valence electrons. The third kappa shape index (κ3) is 3.28. The van der Waals surface area contributed by atoms with Crippen LogP contribution in [0.25, 0.3) is 0 Å². The molecule has 1 amide bonds. The standard InChI is InChI=1S/C15H21FN2O2/c1-15(7-4-8-17-9-15)10-18-14(19)13-11(16)5-3-6-12(13)20-2/h3,5-6,17H,4,7-10H2,1-2H3,(H,18,19). The van der Waals surface area contributed by atoms with Gasteiger partial charge < -0.3 is 15.4 Å². The van der Waals surface area contributed by atoms with Crippen LogP contribution >= 0.6 is 0 Å². The molecule has 1 saturated heterocycles. The molecule has 1 unspecified atom stereocenters. The van der Waals surface area contributed by atoms with Gasteiger partial charge >= 0.3 is 0 Å². The third-order valence-electron chi connectivity index (χ3n) is 3.78. The lowest BCUT2D eigenvalue weighted by atomic mass is 9.83. The van der Waals surface area contributed by atoms with E-state index >= 15 is 0 Å². The predicted octanol–water partition coefficient (Wildman–Crippen LogP) is 1.95.